The highest BCUT2D eigenvalue weighted by Gasteiger charge is 2.21. The largest absolute Gasteiger partial charge is 0.364 e. The zero-order valence-electron chi connectivity index (χ0n) is 12.7. The number of aliphatic imine (C=N–C) groups is 1. The normalized spacial score (nSPS) is 24.5. The van der Waals surface area contributed by atoms with Crippen LogP contribution in [0.2, 0.25) is 0 Å². The fourth-order valence-corrected chi connectivity index (χ4v) is 4.31. The van der Waals surface area contributed by atoms with Crippen LogP contribution in [0.1, 0.15) is 46.0 Å². The lowest BCUT2D eigenvalue weighted by Gasteiger charge is -2.24. The van der Waals surface area contributed by atoms with Crippen molar-refractivity contribution < 1.29 is 0 Å². The average molecular weight is 283 g/mol. The average Bonchev–Trinajstić information content (AvgIpc) is 2.99. The van der Waals surface area contributed by atoms with Gasteiger partial charge in [-0.2, -0.15) is 0 Å². The molecule has 1 atom stereocenters. The summed E-state index contributed by atoms with van der Waals surface area (Å²) in [4.78, 5) is 7.13. The van der Waals surface area contributed by atoms with E-state index in [-0.39, 0.29) is 0 Å². The Hall–Kier alpha value is -0.220. The number of hydrogen-bond donors (Lipinski definition) is 1. The van der Waals surface area contributed by atoms with E-state index in [1.807, 2.05) is 11.8 Å². The minimum atomic E-state index is 0.704. The molecule has 1 heterocycles. The van der Waals surface area contributed by atoms with E-state index in [1.54, 1.807) is 0 Å². The van der Waals surface area contributed by atoms with Gasteiger partial charge in [-0.1, -0.05) is 38.5 Å². The smallest absolute Gasteiger partial charge is 0.156 e. The molecule has 2 aliphatic rings. The molecule has 0 aromatic rings. The van der Waals surface area contributed by atoms with Crippen LogP contribution in [-0.4, -0.2) is 48.0 Å². The molecule has 1 aliphatic carbocycles. The molecule has 0 amide bonds. The monoisotopic (exact) mass is 283 g/mol. The molecule has 0 saturated heterocycles. The summed E-state index contributed by atoms with van der Waals surface area (Å²) in [6.45, 7) is 7.76. The van der Waals surface area contributed by atoms with Gasteiger partial charge >= 0.3 is 0 Å². The Morgan fingerprint density at radius 3 is 2.79 bits per heavy atom. The zero-order chi connectivity index (χ0) is 13.7. The number of likely N-dealkylation sites (N-methyl/N-ethyl adjacent to an activating group) is 1. The molecule has 1 N–H and O–H groups in total. The highest BCUT2D eigenvalue weighted by molar-refractivity contribution is 8.14. The molecule has 1 fully saturated rings. The summed E-state index contributed by atoms with van der Waals surface area (Å²) >= 11 is 1.94. The Kier molecular flexibility index (Phi) is 6.02. The molecule has 19 heavy (non-hydrogen) atoms. The van der Waals surface area contributed by atoms with E-state index >= 15 is 0 Å². The Labute approximate surface area is 122 Å². The molecule has 0 bridgehead atoms. The quantitative estimate of drug-likeness (QED) is 0.812. The lowest BCUT2D eigenvalue weighted by atomic mass is 10.1. The number of amidine groups is 1. The molecule has 0 aromatic heterocycles. The van der Waals surface area contributed by atoms with Crippen molar-refractivity contribution in [1.29, 1.82) is 0 Å². The van der Waals surface area contributed by atoms with Crippen molar-refractivity contribution >= 4 is 16.9 Å². The van der Waals surface area contributed by atoms with Crippen LogP contribution in [0.25, 0.3) is 0 Å². The maximum Gasteiger partial charge on any atom is 0.156 e. The lowest BCUT2D eigenvalue weighted by molar-refractivity contribution is 0.249. The third-order valence-electron chi connectivity index (χ3n) is 4.14. The molecule has 3 nitrogen and oxygen atoms in total. The summed E-state index contributed by atoms with van der Waals surface area (Å²) in [6.07, 6.45) is 6.90. The summed E-state index contributed by atoms with van der Waals surface area (Å²) in [5.74, 6) is 0.778. The second-order valence-electron chi connectivity index (χ2n) is 6.36. The number of hydrogen-bond acceptors (Lipinski definition) is 4. The van der Waals surface area contributed by atoms with E-state index in [9.17, 15) is 0 Å². The van der Waals surface area contributed by atoms with Crippen molar-refractivity contribution in [3.8, 4) is 0 Å². The van der Waals surface area contributed by atoms with Gasteiger partial charge in [0.25, 0.3) is 0 Å². The summed E-state index contributed by atoms with van der Waals surface area (Å²) in [5, 5.41) is 5.39. The number of thioether (sulfide) groups is 1. The fraction of sp³-hybridized carbons (Fsp3) is 0.933. The van der Waals surface area contributed by atoms with Gasteiger partial charge in [-0.25, -0.2) is 0 Å². The van der Waals surface area contributed by atoms with Gasteiger partial charge in [-0.15, -0.1) is 0 Å². The topological polar surface area (TPSA) is 27.6 Å². The molecule has 4 heteroatoms. The van der Waals surface area contributed by atoms with Crippen molar-refractivity contribution in [3.05, 3.63) is 0 Å². The summed E-state index contributed by atoms with van der Waals surface area (Å²) in [5.41, 5.74) is 0. The molecular formula is C15H29N3S. The van der Waals surface area contributed by atoms with Crippen LogP contribution in [0.4, 0.5) is 0 Å². The maximum atomic E-state index is 4.61. The van der Waals surface area contributed by atoms with E-state index in [0.717, 1.165) is 31.6 Å². The molecular weight excluding hydrogens is 254 g/mol. The van der Waals surface area contributed by atoms with Gasteiger partial charge in [-0.05, 0) is 32.2 Å². The van der Waals surface area contributed by atoms with Crippen molar-refractivity contribution in [2.45, 2.75) is 57.2 Å². The zero-order valence-corrected chi connectivity index (χ0v) is 13.5. The van der Waals surface area contributed by atoms with Crippen molar-refractivity contribution in [2.75, 3.05) is 26.7 Å². The SMILES string of the molecule is CC(C)CC1CN=C(NCCN(C)C2CCCC2)S1. The standard InChI is InChI=1S/C15H29N3S/c1-12(2)10-14-11-17-15(19-14)16-8-9-18(3)13-6-4-5-7-13/h12-14H,4-11H2,1-3H3,(H,16,17). The van der Waals surface area contributed by atoms with Crippen LogP contribution in [0.3, 0.4) is 0 Å². The van der Waals surface area contributed by atoms with Gasteiger partial charge < -0.3 is 10.2 Å². The third-order valence-corrected chi connectivity index (χ3v) is 5.31. The van der Waals surface area contributed by atoms with Gasteiger partial charge in [0.2, 0.25) is 0 Å². The summed E-state index contributed by atoms with van der Waals surface area (Å²) in [7, 11) is 2.27. The molecule has 1 saturated carbocycles. The molecule has 2 rings (SSSR count). The molecule has 1 unspecified atom stereocenters. The molecule has 0 spiro atoms. The van der Waals surface area contributed by atoms with E-state index in [0.29, 0.717) is 5.25 Å². The second kappa shape index (κ2) is 7.53. The number of nitrogens with one attached hydrogen (secondary N) is 1. The Balaban J connectivity index is 1.58. The molecule has 0 radical (unpaired) electrons. The predicted molar refractivity (Wildman–Crippen MR) is 86.0 cm³/mol. The van der Waals surface area contributed by atoms with Crippen LogP contribution in [-0.2, 0) is 0 Å². The number of nitrogens with zero attached hydrogens (tertiary/aromatic N) is 2. The van der Waals surface area contributed by atoms with Gasteiger partial charge in [0, 0.05) is 24.4 Å². The van der Waals surface area contributed by atoms with Crippen LogP contribution in [0.15, 0.2) is 4.99 Å². The van der Waals surface area contributed by atoms with Gasteiger partial charge in [-0.3, -0.25) is 4.99 Å². The summed E-state index contributed by atoms with van der Waals surface area (Å²) < 4.78 is 0. The van der Waals surface area contributed by atoms with E-state index in [2.05, 4.69) is 36.1 Å². The fourth-order valence-electron chi connectivity index (χ4n) is 3.03. The van der Waals surface area contributed by atoms with Gasteiger partial charge in [0.05, 0.1) is 6.54 Å². The predicted octanol–water partition coefficient (Wildman–Crippen LogP) is 2.97. The van der Waals surface area contributed by atoms with Gasteiger partial charge in [0.15, 0.2) is 5.17 Å². The van der Waals surface area contributed by atoms with E-state index in [1.165, 1.54) is 37.3 Å². The molecule has 110 valence electrons. The van der Waals surface area contributed by atoms with Crippen molar-refractivity contribution in [3.63, 3.8) is 0 Å². The van der Waals surface area contributed by atoms with Gasteiger partial charge in [0.1, 0.15) is 0 Å². The van der Waals surface area contributed by atoms with Crippen LogP contribution < -0.4 is 5.32 Å². The van der Waals surface area contributed by atoms with Crippen molar-refractivity contribution in [2.24, 2.45) is 10.9 Å². The summed E-state index contributed by atoms with van der Waals surface area (Å²) in [6, 6.07) is 0.827. The first-order valence-corrected chi connectivity index (χ1v) is 8.68. The maximum absolute atomic E-state index is 4.61. The van der Waals surface area contributed by atoms with E-state index in [4.69, 9.17) is 0 Å². The van der Waals surface area contributed by atoms with E-state index < -0.39 is 0 Å². The van der Waals surface area contributed by atoms with Crippen LogP contribution >= 0.6 is 11.8 Å². The first-order chi connectivity index (χ1) is 9.15. The third kappa shape index (κ3) is 4.99. The Bertz CT molecular complexity index is 298. The number of rotatable bonds is 6. The van der Waals surface area contributed by atoms with Crippen LogP contribution in [0, 0.1) is 5.92 Å². The highest BCUT2D eigenvalue weighted by Crippen LogP contribution is 2.25. The Morgan fingerprint density at radius 1 is 1.37 bits per heavy atom. The first kappa shape index (κ1) is 15.2. The minimum Gasteiger partial charge on any atom is -0.364 e. The van der Waals surface area contributed by atoms with Crippen LogP contribution in [0.5, 0.6) is 0 Å². The molecule has 0 aromatic carbocycles. The van der Waals surface area contributed by atoms with Crippen molar-refractivity contribution in [1.82, 2.24) is 10.2 Å². The Morgan fingerprint density at radius 2 is 2.11 bits per heavy atom. The minimum absolute atomic E-state index is 0.704. The lowest BCUT2D eigenvalue weighted by Crippen LogP contribution is -2.36. The highest BCUT2D eigenvalue weighted by atomic mass is 32.2. The second-order valence-corrected chi connectivity index (χ2v) is 7.65. The first-order valence-electron chi connectivity index (χ1n) is 7.80. The molecule has 1 aliphatic heterocycles.